The normalized spacial score (nSPS) is 10.6. The van der Waals surface area contributed by atoms with Gasteiger partial charge in [0.15, 0.2) is 0 Å². The number of rotatable bonds is 5. The maximum atomic E-state index is 11.9. The maximum absolute atomic E-state index is 11.9. The van der Waals surface area contributed by atoms with Gasteiger partial charge in [-0.15, -0.1) is 0 Å². The van der Waals surface area contributed by atoms with Gasteiger partial charge in [-0.2, -0.15) is 5.10 Å². The van der Waals surface area contributed by atoms with Crippen molar-refractivity contribution >= 4 is 5.91 Å². The molecule has 106 valence electrons. The second kappa shape index (κ2) is 6.37. The Morgan fingerprint density at radius 2 is 2.05 bits per heavy atom. The number of nitrogens with zero attached hydrogens (tertiary/aromatic N) is 2. The fraction of sp³-hybridized carbons (Fsp3) is 0.375. The van der Waals surface area contributed by atoms with E-state index in [1.807, 2.05) is 49.7 Å². The van der Waals surface area contributed by atoms with Gasteiger partial charge in [0, 0.05) is 24.3 Å². The first-order valence-electron chi connectivity index (χ1n) is 6.92. The predicted octanol–water partition coefficient (Wildman–Crippen LogP) is 2.63. The molecule has 4 nitrogen and oxygen atoms in total. The Balaban J connectivity index is 1.79. The number of nitrogens with one attached hydrogen (secondary N) is 1. The van der Waals surface area contributed by atoms with Gasteiger partial charge in [0.2, 0.25) is 0 Å². The summed E-state index contributed by atoms with van der Waals surface area (Å²) in [4.78, 5) is 11.9. The molecule has 2 aromatic rings. The molecule has 4 heteroatoms. The molecule has 1 aromatic heterocycles. The standard InChI is InChI=1S/C16H21N3O/c1-12-6-4-7-15(10-12)16(20)17-8-5-9-19-14(3)11-13(2)18-19/h4,6-7,10-11H,5,8-9H2,1-3H3,(H,17,20). The van der Waals surface area contributed by atoms with Gasteiger partial charge < -0.3 is 5.32 Å². The van der Waals surface area contributed by atoms with Crippen LogP contribution >= 0.6 is 0 Å². The lowest BCUT2D eigenvalue weighted by Crippen LogP contribution is -2.25. The van der Waals surface area contributed by atoms with Crippen LogP contribution in [-0.2, 0) is 6.54 Å². The lowest BCUT2D eigenvalue weighted by Gasteiger charge is -2.07. The van der Waals surface area contributed by atoms with Gasteiger partial charge in [0.25, 0.3) is 5.91 Å². The number of hydrogen-bond donors (Lipinski definition) is 1. The number of hydrogen-bond acceptors (Lipinski definition) is 2. The van der Waals surface area contributed by atoms with E-state index >= 15 is 0 Å². The third-order valence-corrected chi connectivity index (χ3v) is 3.22. The lowest BCUT2D eigenvalue weighted by molar-refractivity contribution is 0.0952. The Bertz CT molecular complexity index is 602. The second-order valence-electron chi connectivity index (χ2n) is 5.13. The average molecular weight is 271 g/mol. The first kappa shape index (κ1) is 14.3. The first-order chi connectivity index (χ1) is 9.56. The van der Waals surface area contributed by atoms with Crippen LogP contribution in [0.5, 0.6) is 0 Å². The number of aromatic nitrogens is 2. The number of benzene rings is 1. The SMILES string of the molecule is Cc1cccc(C(=O)NCCCn2nc(C)cc2C)c1. The van der Waals surface area contributed by atoms with E-state index in [2.05, 4.69) is 16.5 Å². The molecule has 2 rings (SSSR count). The second-order valence-corrected chi connectivity index (χ2v) is 5.13. The van der Waals surface area contributed by atoms with Crippen LogP contribution < -0.4 is 5.32 Å². The largest absolute Gasteiger partial charge is 0.352 e. The highest BCUT2D eigenvalue weighted by molar-refractivity contribution is 5.94. The van der Waals surface area contributed by atoms with E-state index < -0.39 is 0 Å². The molecule has 0 radical (unpaired) electrons. The zero-order valence-electron chi connectivity index (χ0n) is 12.3. The van der Waals surface area contributed by atoms with E-state index in [-0.39, 0.29) is 5.91 Å². The lowest BCUT2D eigenvalue weighted by atomic mass is 10.1. The highest BCUT2D eigenvalue weighted by Gasteiger charge is 2.05. The van der Waals surface area contributed by atoms with Crippen LogP contribution in [0, 0.1) is 20.8 Å². The molecule has 20 heavy (non-hydrogen) atoms. The van der Waals surface area contributed by atoms with E-state index in [0.29, 0.717) is 6.54 Å². The van der Waals surface area contributed by atoms with Crippen LogP contribution in [0.25, 0.3) is 0 Å². The Kier molecular flexibility index (Phi) is 4.56. The summed E-state index contributed by atoms with van der Waals surface area (Å²) in [5, 5.41) is 7.34. The van der Waals surface area contributed by atoms with E-state index in [1.54, 1.807) is 0 Å². The third-order valence-electron chi connectivity index (χ3n) is 3.22. The average Bonchev–Trinajstić information content (AvgIpc) is 2.73. The molecule has 0 aliphatic rings. The van der Waals surface area contributed by atoms with Crippen LogP contribution in [0.4, 0.5) is 0 Å². The highest BCUT2D eigenvalue weighted by Crippen LogP contribution is 2.04. The predicted molar refractivity (Wildman–Crippen MR) is 79.8 cm³/mol. The minimum Gasteiger partial charge on any atom is -0.352 e. The van der Waals surface area contributed by atoms with Crippen LogP contribution in [0.15, 0.2) is 30.3 Å². The summed E-state index contributed by atoms with van der Waals surface area (Å²) in [5.41, 5.74) is 4.01. The summed E-state index contributed by atoms with van der Waals surface area (Å²) in [5.74, 6) is -0.0120. The first-order valence-corrected chi connectivity index (χ1v) is 6.92. The van der Waals surface area contributed by atoms with Crippen LogP contribution in [-0.4, -0.2) is 22.2 Å². The Morgan fingerprint density at radius 3 is 2.70 bits per heavy atom. The number of aryl methyl sites for hydroxylation is 4. The molecule has 0 bridgehead atoms. The topological polar surface area (TPSA) is 46.9 Å². The van der Waals surface area contributed by atoms with Crippen molar-refractivity contribution in [2.45, 2.75) is 33.7 Å². The summed E-state index contributed by atoms with van der Waals surface area (Å²) in [6, 6.07) is 9.69. The molecule has 0 atom stereocenters. The molecule has 0 saturated carbocycles. The molecular weight excluding hydrogens is 250 g/mol. The van der Waals surface area contributed by atoms with Crippen molar-refractivity contribution < 1.29 is 4.79 Å². The number of carbonyl (C=O) groups excluding carboxylic acids is 1. The fourth-order valence-corrected chi connectivity index (χ4v) is 2.22. The molecule has 1 aromatic carbocycles. The summed E-state index contributed by atoms with van der Waals surface area (Å²) >= 11 is 0. The van der Waals surface area contributed by atoms with Crippen molar-refractivity contribution in [1.82, 2.24) is 15.1 Å². The van der Waals surface area contributed by atoms with E-state index in [0.717, 1.165) is 35.5 Å². The Morgan fingerprint density at radius 1 is 1.25 bits per heavy atom. The minimum atomic E-state index is -0.0120. The van der Waals surface area contributed by atoms with Crippen molar-refractivity contribution in [3.05, 3.63) is 52.8 Å². The van der Waals surface area contributed by atoms with Gasteiger partial charge in [-0.25, -0.2) is 0 Å². The molecule has 0 fully saturated rings. The van der Waals surface area contributed by atoms with Crippen molar-refractivity contribution in [3.63, 3.8) is 0 Å². The van der Waals surface area contributed by atoms with Crippen LogP contribution in [0.1, 0.15) is 33.7 Å². The van der Waals surface area contributed by atoms with E-state index in [9.17, 15) is 4.79 Å². The fourth-order valence-electron chi connectivity index (χ4n) is 2.22. The Labute approximate surface area is 119 Å². The van der Waals surface area contributed by atoms with Gasteiger partial charge >= 0.3 is 0 Å². The Hall–Kier alpha value is -2.10. The molecule has 0 aliphatic heterocycles. The molecule has 1 heterocycles. The molecule has 0 saturated heterocycles. The van der Waals surface area contributed by atoms with E-state index in [1.165, 1.54) is 0 Å². The van der Waals surface area contributed by atoms with E-state index in [4.69, 9.17) is 0 Å². The highest BCUT2D eigenvalue weighted by atomic mass is 16.1. The van der Waals surface area contributed by atoms with Gasteiger partial charge in [0.1, 0.15) is 0 Å². The van der Waals surface area contributed by atoms with Gasteiger partial charge in [-0.3, -0.25) is 9.48 Å². The number of amides is 1. The molecule has 0 spiro atoms. The monoisotopic (exact) mass is 271 g/mol. The molecule has 1 amide bonds. The summed E-state index contributed by atoms with van der Waals surface area (Å²) in [6.07, 6.45) is 0.875. The van der Waals surface area contributed by atoms with Crippen molar-refractivity contribution in [1.29, 1.82) is 0 Å². The van der Waals surface area contributed by atoms with Crippen molar-refractivity contribution in [2.75, 3.05) is 6.54 Å². The van der Waals surface area contributed by atoms with Gasteiger partial charge in [0.05, 0.1) is 5.69 Å². The summed E-state index contributed by atoms with van der Waals surface area (Å²) in [6.45, 7) is 7.51. The number of carbonyl (C=O) groups is 1. The molecule has 1 N–H and O–H groups in total. The van der Waals surface area contributed by atoms with Crippen molar-refractivity contribution in [2.24, 2.45) is 0 Å². The molecule has 0 aliphatic carbocycles. The smallest absolute Gasteiger partial charge is 0.251 e. The zero-order valence-corrected chi connectivity index (χ0v) is 12.3. The van der Waals surface area contributed by atoms with Gasteiger partial charge in [-0.1, -0.05) is 17.7 Å². The quantitative estimate of drug-likeness (QED) is 0.850. The summed E-state index contributed by atoms with van der Waals surface area (Å²) in [7, 11) is 0. The summed E-state index contributed by atoms with van der Waals surface area (Å²) < 4.78 is 1.98. The van der Waals surface area contributed by atoms with Gasteiger partial charge in [-0.05, 0) is 45.4 Å². The van der Waals surface area contributed by atoms with Crippen LogP contribution in [0.2, 0.25) is 0 Å². The third kappa shape index (κ3) is 3.70. The van der Waals surface area contributed by atoms with Crippen molar-refractivity contribution in [3.8, 4) is 0 Å². The minimum absolute atomic E-state index is 0.0120. The zero-order chi connectivity index (χ0) is 14.5. The molecular formula is C16H21N3O. The van der Waals surface area contributed by atoms with Crippen LogP contribution in [0.3, 0.4) is 0 Å². The maximum Gasteiger partial charge on any atom is 0.251 e. The molecule has 0 unspecified atom stereocenters.